The summed E-state index contributed by atoms with van der Waals surface area (Å²) in [6.07, 6.45) is 6.32. The third-order valence-corrected chi connectivity index (χ3v) is 8.59. The fourth-order valence-electron chi connectivity index (χ4n) is 4.81. The van der Waals surface area contributed by atoms with Gasteiger partial charge in [0, 0.05) is 43.8 Å². The lowest BCUT2D eigenvalue weighted by Crippen LogP contribution is -2.62. The number of amides is 1. The molecule has 0 spiro atoms. The average molecular weight is 422 g/mol. The van der Waals surface area contributed by atoms with Crippen molar-refractivity contribution < 1.29 is 13.2 Å². The molecule has 6 nitrogen and oxygen atoms in total. The third kappa shape index (κ3) is 5.19. The van der Waals surface area contributed by atoms with E-state index in [2.05, 4.69) is 10.2 Å². The van der Waals surface area contributed by atoms with Crippen LogP contribution in [0.15, 0.2) is 24.3 Å². The largest absolute Gasteiger partial charge is 0.350 e. The number of carbonyl (C=O) groups is 1. The van der Waals surface area contributed by atoms with Crippen molar-refractivity contribution in [2.45, 2.75) is 57.9 Å². The lowest BCUT2D eigenvalue weighted by Gasteiger charge is -2.49. The highest BCUT2D eigenvalue weighted by Crippen LogP contribution is 2.34. The van der Waals surface area contributed by atoms with Gasteiger partial charge in [0.05, 0.1) is 5.75 Å². The van der Waals surface area contributed by atoms with Crippen molar-refractivity contribution >= 4 is 15.9 Å². The summed E-state index contributed by atoms with van der Waals surface area (Å²) >= 11 is 0. The van der Waals surface area contributed by atoms with E-state index in [1.165, 1.54) is 6.42 Å². The second kappa shape index (κ2) is 9.58. The first-order chi connectivity index (χ1) is 13.9. The molecule has 1 aromatic rings. The molecule has 1 aromatic carbocycles. The zero-order chi connectivity index (χ0) is 20.9. The zero-order valence-electron chi connectivity index (χ0n) is 17.8. The summed E-state index contributed by atoms with van der Waals surface area (Å²) in [7, 11) is -3.14. The van der Waals surface area contributed by atoms with Gasteiger partial charge >= 0.3 is 0 Å². The SMILES string of the molecule is CCCS(=O)(=O)N1CCN(C2(CNC(=O)c3ccccc3C)CCCCC2)CC1. The number of piperazine rings is 1. The predicted octanol–water partition coefficient (Wildman–Crippen LogP) is 2.79. The maximum atomic E-state index is 12.8. The van der Waals surface area contributed by atoms with Crippen molar-refractivity contribution in [3.8, 4) is 0 Å². The molecule has 7 heteroatoms. The van der Waals surface area contributed by atoms with E-state index in [9.17, 15) is 13.2 Å². The van der Waals surface area contributed by atoms with Gasteiger partial charge in [-0.1, -0.05) is 44.4 Å². The Balaban J connectivity index is 1.66. The van der Waals surface area contributed by atoms with E-state index in [-0.39, 0.29) is 17.2 Å². The first-order valence-corrected chi connectivity index (χ1v) is 12.6. The summed E-state index contributed by atoms with van der Waals surface area (Å²) in [5.74, 6) is 0.210. The van der Waals surface area contributed by atoms with E-state index >= 15 is 0 Å². The lowest BCUT2D eigenvalue weighted by molar-refractivity contribution is 0.0240. The highest BCUT2D eigenvalue weighted by atomic mass is 32.2. The number of aryl methyl sites for hydroxylation is 1. The van der Waals surface area contributed by atoms with Crippen LogP contribution in [0.3, 0.4) is 0 Å². The van der Waals surface area contributed by atoms with Crippen LogP contribution >= 0.6 is 0 Å². The molecule has 0 aromatic heterocycles. The van der Waals surface area contributed by atoms with Gasteiger partial charge in [-0.25, -0.2) is 8.42 Å². The van der Waals surface area contributed by atoms with Crippen LogP contribution < -0.4 is 5.32 Å². The monoisotopic (exact) mass is 421 g/mol. The second-order valence-electron chi connectivity index (χ2n) is 8.48. The topological polar surface area (TPSA) is 69.7 Å². The first kappa shape index (κ1) is 22.2. The minimum atomic E-state index is -3.14. The van der Waals surface area contributed by atoms with Gasteiger partial charge in [0.1, 0.15) is 0 Å². The molecule has 1 aliphatic carbocycles. The molecule has 1 saturated carbocycles. The summed E-state index contributed by atoms with van der Waals surface area (Å²) < 4.78 is 26.5. The predicted molar refractivity (Wildman–Crippen MR) is 117 cm³/mol. The van der Waals surface area contributed by atoms with Gasteiger partial charge in [-0.3, -0.25) is 9.69 Å². The van der Waals surface area contributed by atoms with E-state index in [4.69, 9.17) is 0 Å². The minimum absolute atomic E-state index is 0.0165. The number of hydrogen-bond donors (Lipinski definition) is 1. The molecule has 3 rings (SSSR count). The normalized spacial score (nSPS) is 21.0. The van der Waals surface area contributed by atoms with Crippen LogP contribution in [0.25, 0.3) is 0 Å². The Morgan fingerprint density at radius 3 is 2.34 bits per heavy atom. The van der Waals surface area contributed by atoms with Crippen LogP contribution in [0.5, 0.6) is 0 Å². The molecule has 0 atom stereocenters. The Kier molecular flexibility index (Phi) is 7.35. The van der Waals surface area contributed by atoms with Gasteiger partial charge < -0.3 is 5.32 Å². The van der Waals surface area contributed by atoms with Gasteiger partial charge in [0.15, 0.2) is 0 Å². The van der Waals surface area contributed by atoms with Gasteiger partial charge in [-0.2, -0.15) is 4.31 Å². The van der Waals surface area contributed by atoms with Crippen molar-refractivity contribution in [2.24, 2.45) is 0 Å². The lowest BCUT2D eigenvalue weighted by atomic mass is 9.79. The standard InChI is InChI=1S/C22H35N3O3S/c1-3-17-29(27,28)25-15-13-24(14-16-25)22(11-7-4-8-12-22)18-23-21(26)20-10-6-5-9-19(20)2/h5-6,9-10H,3-4,7-8,11-18H2,1-2H3,(H,23,26). The van der Waals surface area contributed by atoms with E-state index in [0.29, 0.717) is 26.1 Å². The molecule has 162 valence electrons. The van der Waals surface area contributed by atoms with Crippen LogP contribution in [-0.2, 0) is 10.0 Å². The molecule has 29 heavy (non-hydrogen) atoms. The highest BCUT2D eigenvalue weighted by Gasteiger charge is 2.40. The molecule has 1 amide bonds. The number of benzene rings is 1. The van der Waals surface area contributed by atoms with Crippen molar-refractivity contribution in [3.05, 3.63) is 35.4 Å². The second-order valence-corrected chi connectivity index (χ2v) is 10.6. The molecule has 0 unspecified atom stereocenters. The molecule has 1 aliphatic heterocycles. The maximum Gasteiger partial charge on any atom is 0.251 e. The Morgan fingerprint density at radius 1 is 1.07 bits per heavy atom. The van der Waals surface area contributed by atoms with Crippen LogP contribution in [0.1, 0.15) is 61.4 Å². The maximum absolute atomic E-state index is 12.8. The molecule has 1 saturated heterocycles. The molecule has 0 radical (unpaired) electrons. The Morgan fingerprint density at radius 2 is 1.72 bits per heavy atom. The quantitative estimate of drug-likeness (QED) is 0.735. The van der Waals surface area contributed by atoms with Crippen molar-refractivity contribution in [1.29, 1.82) is 0 Å². The molecule has 1 N–H and O–H groups in total. The molecule has 0 bridgehead atoms. The van der Waals surface area contributed by atoms with Crippen LogP contribution in [0, 0.1) is 6.92 Å². The Hall–Kier alpha value is -1.44. The number of rotatable bonds is 7. The van der Waals surface area contributed by atoms with E-state index in [1.807, 2.05) is 38.1 Å². The fourth-order valence-corrected chi connectivity index (χ4v) is 6.30. The van der Waals surface area contributed by atoms with Crippen molar-refractivity contribution in [1.82, 2.24) is 14.5 Å². The van der Waals surface area contributed by atoms with E-state index in [1.54, 1.807) is 4.31 Å². The molecular weight excluding hydrogens is 386 g/mol. The first-order valence-electron chi connectivity index (χ1n) is 10.9. The summed E-state index contributed by atoms with van der Waals surface area (Å²) in [5, 5.41) is 3.20. The molecule has 2 aliphatic rings. The van der Waals surface area contributed by atoms with Gasteiger partial charge in [-0.05, 0) is 37.8 Å². The summed E-state index contributed by atoms with van der Waals surface area (Å²) in [4.78, 5) is 15.2. The smallest absolute Gasteiger partial charge is 0.251 e. The van der Waals surface area contributed by atoms with E-state index < -0.39 is 10.0 Å². The van der Waals surface area contributed by atoms with Crippen LogP contribution in [0.2, 0.25) is 0 Å². The Bertz CT molecular complexity index is 795. The van der Waals surface area contributed by atoms with Gasteiger partial charge in [0.25, 0.3) is 5.91 Å². The third-order valence-electron chi connectivity index (χ3n) is 6.52. The minimum Gasteiger partial charge on any atom is -0.350 e. The van der Waals surface area contributed by atoms with E-state index in [0.717, 1.165) is 49.9 Å². The number of sulfonamides is 1. The number of hydrogen-bond acceptors (Lipinski definition) is 4. The summed E-state index contributed by atoms with van der Waals surface area (Å²) in [6, 6.07) is 7.67. The fraction of sp³-hybridized carbons (Fsp3) is 0.682. The van der Waals surface area contributed by atoms with Crippen LogP contribution in [-0.4, -0.2) is 67.5 Å². The highest BCUT2D eigenvalue weighted by molar-refractivity contribution is 7.89. The van der Waals surface area contributed by atoms with Crippen LogP contribution in [0.4, 0.5) is 0 Å². The van der Waals surface area contributed by atoms with Crippen molar-refractivity contribution in [3.63, 3.8) is 0 Å². The number of nitrogens with one attached hydrogen (secondary N) is 1. The molecule has 1 heterocycles. The Labute approximate surface area is 175 Å². The average Bonchev–Trinajstić information content (AvgIpc) is 2.73. The molecular formula is C22H35N3O3S. The van der Waals surface area contributed by atoms with Gasteiger partial charge in [0.2, 0.25) is 10.0 Å². The summed E-state index contributed by atoms with van der Waals surface area (Å²) in [5.41, 5.74) is 1.66. The molecule has 2 fully saturated rings. The number of nitrogens with zero attached hydrogens (tertiary/aromatic N) is 2. The van der Waals surface area contributed by atoms with Gasteiger partial charge in [-0.15, -0.1) is 0 Å². The zero-order valence-corrected chi connectivity index (χ0v) is 18.6. The summed E-state index contributed by atoms with van der Waals surface area (Å²) in [6.45, 7) is 7.07. The van der Waals surface area contributed by atoms with Crippen molar-refractivity contribution in [2.75, 3.05) is 38.5 Å². The number of carbonyl (C=O) groups excluding carboxylic acids is 1.